The number of anilines is 1. The summed E-state index contributed by atoms with van der Waals surface area (Å²) in [7, 11) is 3.19. The predicted octanol–water partition coefficient (Wildman–Crippen LogP) is 4.44. The molecule has 4 rings (SSSR count). The van der Waals surface area contributed by atoms with Crippen LogP contribution in [0, 0.1) is 0 Å². The molecular weight excluding hydrogens is 440 g/mol. The fourth-order valence-electron chi connectivity index (χ4n) is 3.73. The number of ether oxygens (including phenoxy) is 3. The van der Waals surface area contributed by atoms with E-state index in [4.69, 9.17) is 19.3 Å². The van der Waals surface area contributed by atoms with Crippen molar-refractivity contribution in [2.75, 3.05) is 26.1 Å². The van der Waals surface area contributed by atoms with E-state index in [9.17, 15) is 4.79 Å². The Labute approximate surface area is 197 Å². The number of benzene rings is 2. The molecule has 9 heteroatoms. The number of carbonyl (C=O) groups excluding carboxylic acids is 1. The zero-order valence-corrected chi connectivity index (χ0v) is 19.8. The topological polar surface area (TPSA) is 87.5 Å². The molecule has 1 aliphatic rings. The van der Waals surface area contributed by atoms with Crippen molar-refractivity contribution in [2.24, 2.45) is 0 Å². The van der Waals surface area contributed by atoms with Gasteiger partial charge in [-0.15, -0.1) is 5.10 Å². The molecule has 0 amide bonds. The van der Waals surface area contributed by atoms with Crippen LogP contribution in [0.15, 0.2) is 65.0 Å². The lowest BCUT2D eigenvalue weighted by molar-refractivity contribution is -0.139. The van der Waals surface area contributed by atoms with Crippen molar-refractivity contribution in [3.8, 4) is 11.5 Å². The largest absolute Gasteiger partial charge is 0.497 e. The van der Waals surface area contributed by atoms with E-state index in [0.717, 1.165) is 11.3 Å². The predicted molar refractivity (Wildman–Crippen MR) is 127 cm³/mol. The van der Waals surface area contributed by atoms with E-state index < -0.39 is 12.0 Å². The third kappa shape index (κ3) is 4.68. The lowest BCUT2D eigenvalue weighted by Crippen LogP contribution is -2.30. The minimum atomic E-state index is -0.594. The molecule has 2 heterocycles. The molecule has 0 aliphatic carbocycles. The third-order valence-electron chi connectivity index (χ3n) is 5.27. The van der Waals surface area contributed by atoms with E-state index in [2.05, 4.69) is 22.4 Å². The number of nitrogens with one attached hydrogen (secondary N) is 1. The lowest BCUT2D eigenvalue weighted by atomic mass is 9.94. The second kappa shape index (κ2) is 9.99. The van der Waals surface area contributed by atoms with Gasteiger partial charge in [-0.2, -0.15) is 4.98 Å². The SMILES string of the molecule is CCOC(=O)C1=C(C)Nc2nc(SCc3ccccc3)nn2[C@H]1c1cc(OC)ccc1OC. The molecular formula is C24H26N4O4S. The van der Waals surface area contributed by atoms with E-state index in [1.807, 2.05) is 43.3 Å². The van der Waals surface area contributed by atoms with Crippen molar-refractivity contribution in [3.63, 3.8) is 0 Å². The van der Waals surface area contributed by atoms with E-state index in [0.29, 0.717) is 33.9 Å². The van der Waals surface area contributed by atoms with Crippen LogP contribution in [0.5, 0.6) is 11.5 Å². The molecule has 2 aromatic carbocycles. The number of aromatic nitrogens is 3. The van der Waals surface area contributed by atoms with Crippen molar-refractivity contribution >= 4 is 23.7 Å². The molecule has 1 N–H and O–H groups in total. The summed E-state index contributed by atoms with van der Waals surface area (Å²) in [4.78, 5) is 17.7. The molecule has 1 aromatic heterocycles. The normalized spacial score (nSPS) is 15.0. The standard InChI is InChI=1S/C24H26N4O4S/c1-5-32-22(29)20-15(2)25-23-26-24(33-14-16-9-7-6-8-10-16)27-28(23)21(20)18-13-17(30-3)11-12-19(18)31-4/h6-13,21H,5,14H2,1-4H3,(H,25,26,27)/t21-/m0/s1. The highest BCUT2D eigenvalue weighted by Gasteiger charge is 2.37. The first-order valence-corrected chi connectivity index (χ1v) is 11.5. The van der Waals surface area contributed by atoms with E-state index in [-0.39, 0.29) is 6.61 Å². The Bertz CT molecular complexity index is 1180. The van der Waals surface area contributed by atoms with Gasteiger partial charge in [0.05, 0.1) is 26.4 Å². The number of nitrogens with zero attached hydrogens (tertiary/aromatic N) is 3. The average Bonchev–Trinajstić information content (AvgIpc) is 3.24. The minimum absolute atomic E-state index is 0.264. The summed E-state index contributed by atoms with van der Waals surface area (Å²) in [5.74, 6) is 2.11. The Morgan fingerprint density at radius 1 is 1.15 bits per heavy atom. The second-order valence-electron chi connectivity index (χ2n) is 7.33. The number of carbonyl (C=O) groups is 1. The molecule has 3 aromatic rings. The number of thioether (sulfide) groups is 1. The first-order valence-electron chi connectivity index (χ1n) is 10.6. The Kier molecular flexibility index (Phi) is 6.88. The van der Waals surface area contributed by atoms with Crippen LogP contribution in [-0.2, 0) is 15.3 Å². The minimum Gasteiger partial charge on any atom is -0.497 e. The zero-order chi connectivity index (χ0) is 23.4. The van der Waals surface area contributed by atoms with Gasteiger partial charge in [-0.1, -0.05) is 42.1 Å². The highest BCUT2D eigenvalue weighted by Crippen LogP contribution is 2.41. The zero-order valence-electron chi connectivity index (χ0n) is 19.0. The Morgan fingerprint density at radius 3 is 2.64 bits per heavy atom. The highest BCUT2D eigenvalue weighted by atomic mass is 32.2. The van der Waals surface area contributed by atoms with Crippen LogP contribution in [-0.4, -0.2) is 41.6 Å². The van der Waals surface area contributed by atoms with E-state index in [1.54, 1.807) is 25.8 Å². The Morgan fingerprint density at radius 2 is 1.94 bits per heavy atom. The Balaban J connectivity index is 1.78. The lowest BCUT2D eigenvalue weighted by Gasteiger charge is -2.29. The van der Waals surface area contributed by atoms with E-state index in [1.165, 1.54) is 17.3 Å². The van der Waals surface area contributed by atoms with Gasteiger partial charge in [0.1, 0.15) is 17.5 Å². The summed E-state index contributed by atoms with van der Waals surface area (Å²) >= 11 is 1.53. The van der Waals surface area contributed by atoms with Crippen molar-refractivity contribution in [1.82, 2.24) is 14.8 Å². The van der Waals surface area contributed by atoms with Gasteiger partial charge in [-0.3, -0.25) is 0 Å². The first-order chi connectivity index (χ1) is 16.0. The van der Waals surface area contributed by atoms with Crippen molar-refractivity contribution in [3.05, 3.63) is 70.9 Å². The first kappa shape index (κ1) is 22.7. The summed E-state index contributed by atoms with van der Waals surface area (Å²) in [6.07, 6.45) is 0. The van der Waals surface area contributed by atoms with Crippen LogP contribution in [0.4, 0.5) is 5.95 Å². The van der Waals surface area contributed by atoms with E-state index >= 15 is 0 Å². The summed E-state index contributed by atoms with van der Waals surface area (Å²) in [5.41, 5.74) is 3.01. The van der Waals surface area contributed by atoms with Crippen LogP contribution in [0.1, 0.15) is 31.0 Å². The molecule has 172 valence electrons. The number of methoxy groups -OCH3 is 2. The molecule has 0 saturated heterocycles. The molecule has 0 fully saturated rings. The molecule has 0 spiro atoms. The van der Waals surface area contributed by atoms with Gasteiger partial charge in [-0.25, -0.2) is 9.48 Å². The van der Waals surface area contributed by atoms with Crippen LogP contribution in [0.2, 0.25) is 0 Å². The molecule has 1 atom stereocenters. The molecule has 1 aliphatic heterocycles. The Hall–Kier alpha value is -3.46. The molecule has 8 nitrogen and oxygen atoms in total. The number of hydrogen-bond acceptors (Lipinski definition) is 8. The fraction of sp³-hybridized carbons (Fsp3) is 0.292. The summed E-state index contributed by atoms with van der Waals surface area (Å²) in [6, 6.07) is 15.0. The quantitative estimate of drug-likeness (QED) is 0.385. The maximum absolute atomic E-state index is 13.0. The van der Waals surface area contributed by atoms with Gasteiger partial charge < -0.3 is 19.5 Å². The fourth-order valence-corrected chi connectivity index (χ4v) is 4.51. The summed E-state index contributed by atoms with van der Waals surface area (Å²) in [5, 5.41) is 8.57. The number of hydrogen-bond donors (Lipinski definition) is 1. The van der Waals surface area contributed by atoms with Gasteiger partial charge in [-0.05, 0) is 37.6 Å². The molecule has 0 radical (unpaired) electrons. The molecule has 0 unspecified atom stereocenters. The molecule has 33 heavy (non-hydrogen) atoms. The van der Waals surface area contributed by atoms with Gasteiger partial charge in [0.25, 0.3) is 0 Å². The smallest absolute Gasteiger partial charge is 0.338 e. The summed E-state index contributed by atoms with van der Waals surface area (Å²) < 4.78 is 18.2. The van der Waals surface area contributed by atoms with Gasteiger partial charge in [0.2, 0.25) is 11.1 Å². The van der Waals surface area contributed by atoms with Crippen LogP contribution >= 0.6 is 11.8 Å². The van der Waals surface area contributed by atoms with Gasteiger partial charge in [0.15, 0.2) is 0 Å². The molecule has 0 bridgehead atoms. The average molecular weight is 467 g/mol. The maximum atomic E-state index is 13.0. The maximum Gasteiger partial charge on any atom is 0.338 e. The number of fused-ring (bicyclic) bond motifs is 1. The van der Waals surface area contributed by atoms with Crippen molar-refractivity contribution in [2.45, 2.75) is 30.8 Å². The number of allylic oxidation sites excluding steroid dienone is 1. The number of rotatable bonds is 8. The third-order valence-corrected chi connectivity index (χ3v) is 6.18. The van der Waals surface area contributed by atoms with Gasteiger partial charge >= 0.3 is 5.97 Å². The van der Waals surface area contributed by atoms with Crippen LogP contribution < -0.4 is 14.8 Å². The second-order valence-corrected chi connectivity index (χ2v) is 8.27. The monoisotopic (exact) mass is 466 g/mol. The highest BCUT2D eigenvalue weighted by molar-refractivity contribution is 7.98. The number of esters is 1. The van der Waals surface area contributed by atoms with Crippen LogP contribution in [0.25, 0.3) is 0 Å². The van der Waals surface area contributed by atoms with Crippen LogP contribution in [0.3, 0.4) is 0 Å². The van der Waals surface area contributed by atoms with Gasteiger partial charge in [0, 0.05) is 17.0 Å². The van der Waals surface area contributed by atoms with Crippen molar-refractivity contribution in [1.29, 1.82) is 0 Å². The molecule has 0 saturated carbocycles. The summed E-state index contributed by atoms with van der Waals surface area (Å²) in [6.45, 7) is 3.88. The van der Waals surface area contributed by atoms with Crippen molar-refractivity contribution < 1.29 is 19.0 Å².